The smallest absolute Gasteiger partial charge is 0.193 e. The molecular formula is C19H33N5. The molecule has 0 unspecified atom stereocenters. The number of allylic oxidation sites excluding steroid dienone is 1. The minimum atomic E-state index is 0.639. The average molecular weight is 332 g/mol. The largest absolute Gasteiger partial charge is 0.357 e. The van der Waals surface area contributed by atoms with Gasteiger partial charge >= 0.3 is 0 Å². The molecule has 0 atom stereocenters. The first kappa shape index (κ1) is 20.0. The monoisotopic (exact) mass is 331 g/mol. The van der Waals surface area contributed by atoms with Crippen LogP contribution in [0.15, 0.2) is 36.0 Å². The van der Waals surface area contributed by atoms with Gasteiger partial charge in [0.2, 0.25) is 0 Å². The summed E-state index contributed by atoms with van der Waals surface area (Å²) in [5.74, 6) is 1.97. The molecule has 1 rings (SSSR count). The molecule has 0 aliphatic carbocycles. The average Bonchev–Trinajstić information content (AvgIpc) is 2.61. The Balaban J connectivity index is 2.69. The third-order valence-electron chi connectivity index (χ3n) is 3.91. The molecule has 0 saturated carbocycles. The highest BCUT2D eigenvalue weighted by Crippen LogP contribution is 2.11. The van der Waals surface area contributed by atoms with Gasteiger partial charge in [-0.1, -0.05) is 12.1 Å². The zero-order chi connectivity index (χ0) is 17.8. The van der Waals surface area contributed by atoms with Crippen LogP contribution in [0.4, 0.5) is 5.82 Å². The van der Waals surface area contributed by atoms with E-state index in [4.69, 9.17) is 4.99 Å². The Morgan fingerprint density at radius 2 is 2.04 bits per heavy atom. The number of hydrogen-bond acceptors (Lipinski definition) is 3. The molecule has 0 spiro atoms. The van der Waals surface area contributed by atoms with Crippen molar-refractivity contribution in [1.82, 2.24) is 15.2 Å². The van der Waals surface area contributed by atoms with Crippen LogP contribution in [-0.4, -0.2) is 49.1 Å². The molecule has 0 radical (unpaired) electrons. The molecule has 1 aromatic rings. The number of nitrogens with one attached hydrogen (secondary N) is 1. The summed E-state index contributed by atoms with van der Waals surface area (Å²) in [6.45, 7) is 14.6. The van der Waals surface area contributed by atoms with Gasteiger partial charge in [-0.05, 0) is 45.2 Å². The number of aliphatic imine (C=N–C) groups is 1. The van der Waals surface area contributed by atoms with E-state index in [9.17, 15) is 0 Å². The number of rotatable bonds is 10. The maximum atomic E-state index is 4.73. The second kappa shape index (κ2) is 11.5. The molecule has 0 aliphatic heterocycles. The lowest BCUT2D eigenvalue weighted by Gasteiger charge is -2.22. The van der Waals surface area contributed by atoms with Gasteiger partial charge in [-0.25, -0.2) is 9.98 Å². The Labute approximate surface area is 147 Å². The quantitative estimate of drug-likeness (QED) is 0.309. The highest BCUT2D eigenvalue weighted by Gasteiger charge is 2.06. The van der Waals surface area contributed by atoms with Gasteiger partial charge in [-0.3, -0.25) is 0 Å². The van der Waals surface area contributed by atoms with Crippen LogP contribution in [0.1, 0.15) is 39.2 Å². The predicted octanol–water partition coefficient (Wildman–Crippen LogP) is 3.29. The fourth-order valence-corrected chi connectivity index (χ4v) is 2.46. The van der Waals surface area contributed by atoms with Crippen molar-refractivity contribution in [2.24, 2.45) is 4.99 Å². The molecule has 1 heterocycles. The first-order chi connectivity index (χ1) is 11.7. The molecule has 1 N–H and O–H groups in total. The number of aromatic nitrogens is 1. The third-order valence-corrected chi connectivity index (χ3v) is 3.91. The van der Waals surface area contributed by atoms with Crippen LogP contribution < -0.4 is 10.2 Å². The van der Waals surface area contributed by atoms with E-state index >= 15 is 0 Å². The fraction of sp³-hybridized carbons (Fsp3) is 0.579. The van der Waals surface area contributed by atoms with Gasteiger partial charge in [0.15, 0.2) is 5.96 Å². The summed E-state index contributed by atoms with van der Waals surface area (Å²) >= 11 is 0. The number of guanidine groups is 1. The van der Waals surface area contributed by atoms with E-state index in [0.717, 1.165) is 56.4 Å². The summed E-state index contributed by atoms with van der Waals surface area (Å²) in [7, 11) is 2.08. The molecule has 0 bridgehead atoms. The zero-order valence-electron chi connectivity index (χ0n) is 15.8. The van der Waals surface area contributed by atoms with Crippen molar-refractivity contribution in [3.05, 3.63) is 36.5 Å². The topological polar surface area (TPSA) is 43.8 Å². The first-order valence-corrected chi connectivity index (χ1v) is 8.96. The lowest BCUT2D eigenvalue weighted by atomic mass is 10.2. The van der Waals surface area contributed by atoms with Gasteiger partial charge < -0.3 is 15.1 Å². The van der Waals surface area contributed by atoms with E-state index in [1.807, 2.05) is 12.3 Å². The molecule has 5 nitrogen and oxygen atoms in total. The molecule has 0 fully saturated rings. The van der Waals surface area contributed by atoms with Gasteiger partial charge in [0.25, 0.3) is 0 Å². The van der Waals surface area contributed by atoms with E-state index in [1.54, 1.807) is 0 Å². The highest BCUT2D eigenvalue weighted by molar-refractivity contribution is 5.79. The molecule has 24 heavy (non-hydrogen) atoms. The van der Waals surface area contributed by atoms with E-state index in [2.05, 4.69) is 66.6 Å². The second-order valence-corrected chi connectivity index (χ2v) is 5.72. The van der Waals surface area contributed by atoms with Crippen LogP contribution in [0.2, 0.25) is 0 Å². The standard InChI is InChI=1S/C19H33N5/c1-6-10-11-14-23(5)19(20-7-2)22-16-17-12-13-18(21-15-17)24(8-3)9-4/h6,12-13,15H,1,7-11,14,16H2,2-5H3,(H,20,22). The fourth-order valence-electron chi connectivity index (χ4n) is 2.46. The summed E-state index contributed by atoms with van der Waals surface area (Å²) in [5, 5.41) is 3.35. The zero-order valence-corrected chi connectivity index (χ0v) is 15.8. The Morgan fingerprint density at radius 3 is 2.58 bits per heavy atom. The minimum Gasteiger partial charge on any atom is -0.357 e. The first-order valence-electron chi connectivity index (χ1n) is 8.96. The molecular weight excluding hydrogens is 298 g/mol. The minimum absolute atomic E-state index is 0.639. The van der Waals surface area contributed by atoms with Crippen molar-refractivity contribution >= 4 is 11.8 Å². The van der Waals surface area contributed by atoms with E-state index in [-0.39, 0.29) is 0 Å². The molecule has 1 aromatic heterocycles. The second-order valence-electron chi connectivity index (χ2n) is 5.72. The van der Waals surface area contributed by atoms with Gasteiger partial charge in [-0.15, -0.1) is 6.58 Å². The lowest BCUT2D eigenvalue weighted by Crippen LogP contribution is -2.39. The molecule has 0 aliphatic rings. The number of hydrogen-bond donors (Lipinski definition) is 1. The maximum absolute atomic E-state index is 4.73. The van der Waals surface area contributed by atoms with Crippen molar-refractivity contribution < 1.29 is 0 Å². The number of pyridine rings is 1. The Bertz CT molecular complexity index is 491. The van der Waals surface area contributed by atoms with Crippen molar-refractivity contribution in [1.29, 1.82) is 0 Å². The summed E-state index contributed by atoms with van der Waals surface area (Å²) in [6, 6.07) is 4.20. The Hall–Kier alpha value is -2.04. The number of unbranched alkanes of at least 4 members (excludes halogenated alkanes) is 1. The van der Waals surface area contributed by atoms with Gasteiger partial charge in [0.1, 0.15) is 5.82 Å². The van der Waals surface area contributed by atoms with Crippen LogP contribution in [0.5, 0.6) is 0 Å². The third kappa shape index (κ3) is 6.60. The molecule has 0 amide bonds. The van der Waals surface area contributed by atoms with E-state index in [0.29, 0.717) is 6.54 Å². The lowest BCUT2D eigenvalue weighted by molar-refractivity contribution is 0.470. The van der Waals surface area contributed by atoms with Crippen LogP contribution >= 0.6 is 0 Å². The SMILES string of the molecule is C=CCCCN(C)C(=NCc1ccc(N(CC)CC)nc1)NCC. The van der Waals surface area contributed by atoms with Crippen LogP contribution in [-0.2, 0) is 6.54 Å². The van der Waals surface area contributed by atoms with Gasteiger partial charge in [0, 0.05) is 39.4 Å². The normalized spacial score (nSPS) is 11.2. The number of anilines is 1. The predicted molar refractivity (Wildman–Crippen MR) is 105 cm³/mol. The number of nitrogens with zero attached hydrogens (tertiary/aromatic N) is 4. The maximum Gasteiger partial charge on any atom is 0.193 e. The van der Waals surface area contributed by atoms with Crippen molar-refractivity contribution in [3.63, 3.8) is 0 Å². The van der Waals surface area contributed by atoms with Gasteiger partial charge in [-0.2, -0.15) is 0 Å². The molecule has 134 valence electrons. The summed E-state index contributed by atoms with van der Waals surface area (Å²) in [4.78, 5) is 13.7. The Morgan fingerprint density at radius 1 is 1.29 bits per heavy atom. The van der Waals surface area contributed by atoms with Gasteiger partial charge in [0.05, 0.1) is 6.54 Å². The summed E-state index contributed by atoms with van der Waals surface area (Å²) in [6.07, 6.45) is 6.00. The van der Waals surface area contributed by atoms with Crippen molar-refractivity contribution in [3.8, 4) is 0 Å². The van der Waals surface area contributed by atoms with E-state index in [1.165, 1.54) is 0 Å². The van der Waals surface area contributed by atoms with Crippen molar-refractivity contribution in [2.45, 2.75) is 40.2 Å². The highest BCUT2D eigenvalue weighted by atomic mass is 15.3. The van der Waals surface area contributed by atoms with Crippen LogP contribution in [0, 0.1) is 0 Å². The summed E-state index contributed by atoms with van der Waals surface area (Å²) in [5.41, 5.74) is 1.13. The Kier molecular flexibility index (Phi) is 9.58. The molecule has 0 saturated heterocycles. The van der Waals surface area contributed by atoms with E-state index < -0.39 is 0 Å². The van der Waals surface area contributed by atoms with Crippen LogP contribution in [0.25, 0.3) is 0 Å². The van der Waals surface area contributed by atoms with Crippen molar-refractivity contribution in [2.75, 3.05) is 38.1 Å². The van der Waals surface area contributed by atoms with Crippen LogP contribution in [0.3, 0.4) is 0 Å². The summed E-state index contributed by atoms with van der Waals surface area (Å²) < 4.78 is 0. The molecule has 0 aromatic carbocycles. The molecule has 5 heteroatoms.